The Labute approximate surface area is 89.9 Å². The van der Waals surface area contributed by atoms with E-state index in [4.69, 9.17) is 0 Å². The molecule has 0 aliphatic carbocycles. The molecule has 15 heavy (non-hydrogen) atoms. The molecule has 0 atom stereocenters. The smallest absolute Gasteiger partial charge is 0.229 e. The Kier molecular flexibility index (Phi) is 6.25. The van der Waals surface area contributed by atoms with Crippen molar-refractivity contribution in [3.63, 3.8) is 0 Å². The Bertz CT molecular complexity index is 271. The fraction of sp³-hybridized carbons (Fsp3) is 0.545. The highest BCUT2D eigenvalue weighted by Gasteiger charge is 2.16. The van der Waals surface area contributed by atoms with E-state index in [2.05, 4.69) is 6.58 Å². The molecule has 0 spiro atoms. The normalized spacial score (nSPS) is 9.47. The van der Waals surface area contributed by atoms with Crippen molar-refractivity contribution in [2.75, 3.05) is 6.54 Å². The van der Waals surface area contributed by atoms with E-state index < -0.39 is 0 Å². The van der Waals surface area contributed by atoms with Gasteiger partial charge in [0, 0.05) is 32.7 Å². The zero-order chi connectivity index (χ0) is 11.8. The number of nitrogens with zero attached hydrogens (tertiary/aromatic N) is 1. The molecule has 0 radical (unpaired) electrons. The monoisotopic (exact) mass is 211 g/mol. The Balaban J connectivity index is 4.20. The molecule has 0 saturated heterocycles. The van der Waals surface area contributed by atoms with Crippen LogP contribution in [0.4, 0.5) is 0 Å². The van der Waals surface area contributed by atoms with Crippen LogP contribution in [-0.4, -0.2) is 29.0 Å². The lowest BCUT2D eigenvalue weighted by atomic mass is 10.1. The van der Waals surface area contributed by atoms with Crippen molar-refractivity contribution < 1.29 is 14.4 Å². The number of carbonyl (C=O) groups is 3. The number of Topliss-reactive ketones (excluding diaryl/α,β-unsaturated/α-hetero) is 1. The second-order valence-corrected chi connectivity index (χ2v) is 3.20. The number of amides is 2. The molecule has 0 unspecified atom stereocenters. The van der Waals surface area contributed by atoms with Gasteiger partial charge >= 0.3 is 0 Å². The first kappa shape index (κ1) is 13.5. The summed E-state index contributed by atoms with van der Waals surface area (Å²) in [6.45, 7) is 6.74. The van der Waals surface area contributed by atoms with Gasteiger partial charge in [-0.1, -0.05) is 13.0 Å². The highest BCUT2D eigenvalue weighted by Crippen LogP contribution is 2.01. The summed E-state index contributed by atoms with van der Waals surface area (Å²) in [6.07, 6.45) is 2.21. The Morgan fingerprint density at radius 1 is 1.27 bits per heavy atom. The van der Waals surface area contributed by atoms with Crippen LogP contribution in [0.5, 0.6) is 0 Å². The van der Waals surface area contributed by atoms with Gasteiger partial charge in [-0.3, -0.25) is 19.3 Å². The van der Waals surface area contributed by atoms with Crippen LogP contribution in [0, 0.1) is 0 Å². The molecule has 0 aromatic carbocycles. The quantitative estimate of drug-likeness (QED) is 0.622. The van der Waals surface area contributed by atoms with Crippen LogP contribution in [0.3, 0.4) is 0 Å². The minimum atomic E-state index is -0.316. The van der Waals surface area contributed by atoms with E-state index in [1.54, 1.807) is 6.92 Å². The van der Waals surface area contributed by atoms with Crippen LogP contribution in [0.2, 0.25) is 0 Å². The number of rotatable bonds is 6. The van der Waals surface area contributed by atoms with Crippen molar-refractivity contribution in [2.45, 2.75) is 33.1 Å². The summed E-state index contributed by atoms with van der Waals surface area (Å²) in [6, 6.07) is 0. The lowest BCUT2D eigenvalue weighted by Gasteiger charge is -2.16. The molecule has 0 heterocycles. The van der Waals surface area contributed by atoms with Crippen molar-refractivity contribution in [1.29, 1.82) is 0 Å². The number of imide groups is 1. The summed E-state index contributed by atoms with van der Waals surface area (Å²) < 4.78 is 0. The molecule has 84 valence electrons. The van der Waals surface area contributed by atoms with E-state index in [0.29, 0.717) is 6.42 Å². The summed E-state index contributed by atoms with van der Waals surface area (Å²) in [5, 5.41) is 0. The summed E-state index contributed by atoms with van der Waals surface area (Å²) in [5.74, 6) is -0.599. The van der Waals surface area contributed by atoms with Gasteiger partial charge in [0.2, 0.25) is 11.8 Å². The van der Waals surface area contributed by atoms with E-state index in [1.165, 1.54) is 13.0 Å². The molecule has 0 aliphatic heterocycles. The van der Waals surface area contributed by atoms with E-state index in [-0.39, 0.29) is 37.0 Å². The maximum Gasteiger partial charge on any atom is 0.229 e. The number of ketones is 1. The Hall–Kier alpha value is -1.45. The van der Waals surface area contributed by atoms with Crippen molar-refractivity contribution in [2.24, 2.45) is 0 Å². The average molecular weight is 211 g/mol. The fourth-order valence-corrected chi connectivity index (χ4v) is 1.09. The van der Waals surface area contributed by atoms with Crippen molar-refractivity contribution in [3.05, 3.63) is 12.7 Å². The van der Waals surface area contributed by atoms with E-state index in [1.807, 2.05) is 0 Å². The highest BCUT2D eigenvalue weighted by atomic mass is 16.2. The molecule has 0 aromatic rings. The average Bonchev–Trinajstić information content (AvgIpc) is 2.21. The van der Waals surface area contributed by atoms with E-state index >= 15 is 0 Å². The Morgan fingerprint density at radius 3 is 2.27 bits per heavy atom. The number of hydrogen-bond acceptors (Lipinski definition) is 3. The lowest BCUT2D eigenvalue weighted by molar-refractivity contribution is -0.143. The molecule has 0 N–H and O–H groups in total. The predicted molar refractivity (Wildman–Crippen MR) is 57.1 cm³/mol. The summed E-state index contributed by atoms with van der Waals surface area (Å²) in [7, 11) is 0. The minimum Gasteiger partial charge on any atom is -0.300 e. The summed E-state index contributed by atoms with van der Waals surface area (Å²) >= 11 is 0. The minimum absolute atomic E-state index is 0.0328. The van der Waals surface area contributed by atoms with Crippen LogP contribution < -0.4 is 0 Å². The molecule has 0 fully saturated rings. The maximum atomic E-state index is 11.5. The van der Waals surface area contributed by atoms with Crippen LogP contribution in [0.25, 0.3) is 0 Å². The third-order valence-electron chi connectivity index (χ3n) is 2.00. The maximum absolute atomic E-state index is 11.5. The number of carbonyl (C=O) groups excluding carboxylic acids is 3. The van der Waals surface area contributed by atoms with Gasteiger partial charge in [-0.15, -0.1) is 6.58 Å². The van der Waals surface area contributed by atoms with Crippen molar-refractivity contribution >= 4 is 17.6 Å². The topological polar surface area (TPSA) is 54.5 Å². The zero-order valence-corrected chi connectivity index (χ0v) is 9.28. The largest absolute Gasteiger partial charge is 0.300 e. The van der Waals surface area contributed by atoms with Gasteiger partial charge in [0.25, 0.3) is 0 Å². The predicted octanol–water partition coefficient (Wildman–Crippen LogP) is 1.31. The second kappa shape index (κ2) is 6.92. The molecular weight excluding hydrogens is 194 g/mol. The van der Waals surface area contributed by atoms with Crippen LogP contribution in [-0.2, 0) is 14.4 Å². The third-order valence-corrected chi connectivity index (χ3v) is 2.00. The summed E-state index contributed by atoms with van der Waals surface area (Å²) in [4.78, 5) is 34.6. The van der Waals surface area contributed by atoms with Gasteiger partial charge in [0.1, 0.15) is 5.78 Å². The zero-order valence-electron chi connectivity index (χ0n) is 9.28. The van der Waals surface area contributed by atoms with Gasteiger partial charge in [0.15, 0.2) is 0 Å². The summed E-state index contributed by atoms with van der Waals surface area (Å²) in [5.41, 5.74) is 0. The standard InChI is InChI=1S/C11H17NO3/c1-4-8-12(9(3)13)11(15)7-6-10(14)5-2/h4H,1,5-8H2,2-3H3. The third kappa shape index (κ3) is 5.10. The van der Waals surface area contributed by atoms with Gasteiger partial charge in [-0.2, -0.15) is 0 Å². The molecule has 0 bridgehead atoms. The van der Waals surface area contributed by atoms with Crippen molar-refractivity contribution in [1.82, 2.24) is 4.90 Å². The second-order valence-electron chi connectivity index (χ2n) is 3.20. The molecule has 4 heteroatoms. The van der Waals surface area contributed by atoms with Gasteiger partial charge in [-0.25, -0.2) is 0 Å². The molecule has 0 aromatic heterocycles. The molecule has 0 aliphatic rings. The molecule has 0 saturated carbocycles. The first-order valence-electron chi connectivity index (χ1n) is 4.96. The molecule has 2 amide bonds. The molecular formula is C11H17NO3. The van der Waals surface area contributed by atoms with Gasteiger partial charge < -0.3 is 0 Å². The first-order chi connectivity index (χ1) is 7.02. The highest BCUT2D eigenvalue weighted by molar-refractivity contribution is 5.95. The van der Waals surface area contributed by atoms with Crippen LogP contribution >= 0.6 is 0 Å². The van der Waals surface area contributed by atoms with Gasteiger partial charge in [0.05, 0.1) is 0 Å². The Morgan fingerprint density at radius 2 is 1.87 bits per heavy atom. The SMILES string of the molecule is C=CCN(C(C)=O)C(=O)CCC(=O)CC. The van der Waals surface area contributed by atoms with E-state index in [0.717, 1.165) is 4.90 Å². The van der Waals surface area contributed by atoms with Gasteiger partial charge in [-0.05, 0) is 0 Å². The van der Waals surface area contributed by atoms with Crippen LogP contribution in [0.1, 0.15) is 33.1 Å². The van der Waals surface area contributed by atoms with E-state index in [9.17, 15) is 14.4 Å². The molecule has 4 nitrogen and oxygen atoms in total. The van der Waals surface area contributed by atoms with Crippen LogP contribution in [0.15, 0.2) is 12.7 Å². The lowest BCUT2D eigenvalue weighted by Crippen LogP contribution is -2.35. The first-order valence-corrected chi connectivity index (χ1v) is 4.96. The van der Waals surface area contributed by atoms with Crippen molar-refractivity contribution in [3.8, 4) is 0 Å². The molecule has 0 rings (SSSR count). The number of hydrogen-bond donors (Lipinski definition) is 0. The fourth-order valence-electron chi connectivity index (χ4n) is 1.09.